The number of benzene rings is 1. The Morgan fingerprint density at radius 3 is 2.56 bits per heavy atom. The zero-order chi connectivity index (χ0) is 12.3. The van der Waals surface area contributed by atoms with Crippen LogP contribution in [0.3, 0.4) is 0 Å². The van der Waals surface area contributed by atoms with E-state index >= 15 is 0 Å². The van der Waals surface area contributed by atoms with Gasteiger partial charge in [0.25, 0.3) is 0 Å². The molecule has 90 valence electrons. The largest absolute Gasteiger partial charge is 0.493 e. The average Bonchev–Trinajstić information content (AvgIpc) is 2.25. The van der Waals surface area contributed by atoms with Crippen LogP contribution in [0.25, 0.3) is 0 Å². The summed E-state index contributed by atoms with van der Waals surface area (Å²) in [6.07, 6.45) is 0.702. The molecule has 0 bridgehead atoms. The molecule has 0 saturated heterocycles. The number of aryl methyl sites for hydroxylation is 1. The second-order valence-corrected chi connectivity index (χ2v) is 4.72. The summed E-state index contributed by atoms with van der Waals surface area (Å²) in [5, 5.41) is 0.219. The van der Waals surface area contributed by atoms with Crippen molar-refractivity contribution in [2.24, 2.45) is 5.92 Å². The Morgan fingerprint density at radius 1 is 1.44 bits per heavy atom. The van der Waals surface area contributed by atoms with Crippen LogP contribution in [0.1, 0.15) is 31.9 Å². The topological polar surface area (TPSA) is 9.23 Å². The lowest BCUT2D eigenvalue weighted by molar-refractivity contribution is 0.268. The van der Waals surface area contributed by atoms with Crippen LogP contribution >= 0.6 is 11.6 Å². The van der Waals surface area contributed by atoms with Crippen molar-refractivity contribution in [3.05, 3.63) is 28.0 Å². The van der Waals surface area contributed by atoms with Gasteiger partial charge in [0, 0.05) is 5.56 Å². The molecule has 0 unspecified atom stereocenters. The van der Waals surface area contributed by atoms with Crippen molar-refractivity contribution in [3.8, 4) is 5.75 Å². The molecule has 1 aromatic rings. The summed E-state index contributed by atoms with van der Waals surface area (Å²) in [4.78, 5) is 0. The van der Waals surface area contributed by atoms with E-state index in [0.29, 0.717) is 30.3 Å². The third-order valence-electron chi connectivity index (χ3n) is 2.43. The van der Waals surface area contributed by atoms with Crippen molar-refractivity contribution in [3.63, 3.8) is 0 Å². The van der Waals surface area contributed by atoms with Crippen LogP contribution in [0.2, 0.25) is 5.02 Å². The van der Waals surface area contributed by atoms with Crippen molar-refractivity contribution >= 4 is 11.6 Å². The predicted molar refractivity (Wildman–Crippen MR) is 65.9 cm³/mol. The second-order valence-electron chi connectivity index (χ2n) is 4.35. The Hall–Kier alpha value is -0.760. The highest BCUT2D eigenvalue weighted by molar-refractivity contribution is 6.31. The molecule has 1 aromatic carbocycles. The molecule has 1 rings (SSSR count). The molecular weight excluding hydrogens is 227 g/mol. The van der Waals surface area contributed by atoms with Crippen LogP contribution in [-0.2, 0) is 6.42 Å². The van der Waals surface area contributed by atoms with Crippen molar-refractivity contribution in [2.45, 2.75) is 34.1 Å². The van der Waals surface area contributed by atoms with Crippen molar-refractivity contribution in [1.82, 2.24) is 0 Å². The minimum absolute atomic E-state index is 0.219. The lowest BCUT2D eigenvalue weighted by Gasteiger charge is -2.14. The van der Waals surface area contributed by atoms with Gasteiger partial charge in [0.15, 0.2) is 0 Å². The molecule has 0 aliphatic heterocycles. The molecule has 0 spiro atoms. The smallest absolute Gasteiger partial charge is 0.148 e. The number of rotatable bonds is 4. The van der Waals surface area contributed by atoms with Gasteiger partial charge in [0.1, 0.15) is 11.6 Å². The molecule has 0 aliphatic rings. The molecule has 0 saturated carbocycles. The third kappa shape index (κ3) is 2.88. The SMILES string of the molecule is CCc1cc(OCC(C)C)c(C)c(F)c1Cl. The Bertz CT molecular complexity index is 375. The lowest BCUT2D eigenvalue weighted by Crippen LogP contribution is -2.07. The van der Waals surface area contributed by atoms with Gasteiger partial charge in [0.05, 0.1) is 11.6 Å². The maximum absolute atomic E-state index is 13.8. The van der Waals surface area contributed by atoms with Gasteiger partial charge in [-0.25, -0.2) is 4.39 Å². The fourth-order valence-corrected chi connectivity index (χ4v) is 1.74. The van der Waals surface area contributed by atoms with E-state index in [4.69, 9.17) is 16.3 Å². The third-order valence-corrected chi connectivity index (χ3v) is 2.84. The normalized spacial score (nSPS) is 10.9. The van der Waals surface area contributed by atoms with Gasteiger partial charge in [-0.1, -0.05) is 32.4 Å². The van der Waals surface area contributed by atoms with Crippen LogP contribution in [0.4, 0.5) is 4.39 Å². The Kier molecular flexibility index (Phi) is 4.60. The van der Waals surface area contributed by atoms with E-state index in [1.807, 2.05) is 13.0 Å². The summed E-state index contributed by atoms with van der Waals surface area (Å²) < 4.78 is 19.3. The first-order valence-electron chi connectivity index (χ1n) is 5.57. The fourth-order valence-electron chi connectivity index (χ4n) is 1.41. The molecular formula is C13H18ClFO. The molecule has 16 heavy (non-hydrogen) atoms. The van der Waals surface area contributed by atoms with Crippen LogP contribution < -0.4 is 4.74 Å². The summed E-state index contributed by atoms with van der Waals surface area (Å²) in [5.41, 5.74) is 1.28. The molecule has 0 aromatic heterocycles. The molecule has 0 N–H and O–H groups in total. The highest BCUT2D eigenvalue weighted by atomic mass is 35.5. The first kappa shape index (κ1) is 13.3. The van der Waals surface area contributed by atoms with E-state index in [9.17, 15) is 4.39 Å². The number of ether oxygens (including phenoxy) is 1. The van der Waals surface area contributed by atoms with Crippen molar-refractivity contribution in [2.75, 3.05) is 6.61 Å². The van der Waals surface area contributed by atoms with Gasteiger partial charge in [-0.3, -0.25) is 0 Å². The highest BCUT2D eigenvalue weighted by Gasteiger charge is 2.14. The van der Waals surface area contributed by atoms with Crippen LogP contribution in [-0.4, -0.2) is 6.61 Å². The molecule has 0 atom stereocenters. The quantitative estimate of drug-likeness (QED) is 0.764. The van der Waals surface area contributed by atoms with Gasteiger partial charge in [-0.15, -0.1) is 0 Å². The number of hydrogen-bond acceptors (Lipinski definition) is 1. The average molecular weight is 245 g/mol. The first-order valence-corrected chi connectivity index (χ1v) is 5.95. The van der Waals surface area contributed by atoms with Gasteiger partial charge >= 0.3 is 0 Å². The number of halogens is 2. The molecule has 0 fully saturated rings. The minimum Gasteiger partial charge on any atom is -0.493 e. The maximum Gasteiger partial charge on any atom is 0.148 e. The summed E-state index contributed by atoms with van der Waals surface area (Å²) in [7, 11) is 0. The molecule has 0 aliphatic carbocycles. The van der Waals surface area contributed by atoms with Crippen LogP contribution in [0, 0.1) is 18.7 Å². The van der Waals surface area contributed by atoms with Gasteiger partial charge in [-0.05, 0) is 30.9 Å². The zero-order valence-electron chi connectivity index (χ0n) is 10.2. The van der Waals surface area contributed by atoms with Gasteiger partial charge < -0.3 is 4.74 Å². The number of hydrogen-bond donors (Lipinski definition) is 0. The molecule has 0 amide bonds. The molecule has 0 heterocycles. The van der Waals surface area contributed by atoms with Crippen molar-refractivity contribution < 1.29 is 9.13 Å². The lowest BCUT2D eigenvalue weighted by atomic mass is 10.1. The van der Waals surface area contributed by atoms with Crippen LogP contribution in [0.15, 0.2) is 6.07 Å². The van der Waals surface area contributed by atoms with Gasteiger partial charge in [0.2, 0.25) is 0 Å². The van der Waals surface area contributed by atoms with E-state index in [1.165, 1.54) is 0 Å². The second kappa shape index (κ2) is 5.53. The zero-order valence-corrected chi connectivity index (χ0v) is 11.0. The summed E-state index contributed by atoms with van der Waals surface area (Å²) in [6, 6.07) is 1.84. The first-order chi connectivity index (χ1) is 7.47. The summed E-state index contributed by atoms with van der Waals surface area (Å²) >= 11 is 5.90. The Morgan fingerprint density at radius 2 is 2.06 bits per heavy atom. The van der Waals surface area contributed by atoms with E-state index < -0.39 is 0 Å². The molecule has 0 radical (unpaired) electrons. The Balaban J connectivity index is 3.04. The molecule has 1 nitrogen and oxygen atoms in total. The predicted octanol–water partition coefficient (Wildman–Crippen LogP) is 4.38. The Labute approximate surface area is 102 Å². The summed E-state index contributed by atoms with van der Waals surface area (Å²) in [5.74, 6) is 0.662. The maximum atomic E-state index is 13.8. The monoisotopic (exact) mass is 244 g/mol. The van der Waals surface area contributed by atoms with E-state index in [-0.39, 0.29) is 10.8 Å². The van der Waals surface area contributed by atoms with Crippen LogP contribution in [0.5, 0.6) is 5.75 Å². The van der Waals surface area contributed by atoms with E-state index in [2.05, 4.69) is 13.8 Å². The minimum atomic E-state index is -0.361. The standard InChI is InChI=1S/C13H18ClFO/c1-5-10-6-11(16-7-8(2)3)9(4)13(15)12(10)14/h6,8H,5,7H2,1-4H3. The fraction of sp³-hybridized carbons (Fsp3) is 0.538. The van der Waals surface area contributed by atoms with Crippen molar-refractivity contribution in [1.29, 1.82) is 0 Å². The van der Waals surface area contributed by atoms with E-state index in [1.54, 1.807) is 6.92 Å². The highest BCUT2D eigenvalue weighted by Crippen LogP contribution is 2.31. The van der Waals surface area contributed by atoms with E-state index in [0.717, 1.165) is 5.56 Å². The molecule has 3 heteroatoms. The van der Waals surface area contributed by atoms with Gasteiger partial charge in [-0.2, -0.15) is 0 Å². The summed E-state index contributed by atoms with van der Waals surface area (Å²) in [6.45, 7) is 8.34.